The Labute approximate surface area is 69.6 Å². The molecule has 0 aromatic heterocycles. The summed E-state index contributed by atoms with van der Waals surface area (Å²) in [5.41, 5.74) is 5.37. The molecule has 1 atom stereocenters. The van der Waals surface area contributed by atoms with Crippen molar-refractivity contribution in [2.24, 2.45) is 5.73 Å². The van der Waals surface area contributed by atoms with Crippen molar-refractivity contribution in [1.82, 2.24) is 0 Å². The third-order valence-corrected chi connectivity index (χ3v) is 2.48. The highest BCUT2D eigenvalue weighted by molar-refractivity contribution is 6.53. The summed E-state index contributed by atoms with van der Waals surface area (Å²) in [4.78, 5) is 0. The van der Waals surface area contributed by atoms with Crippen molar-refractivity contribution in [3.8, 4) is 0 Å². The minimum atomic E-state index is 0.493. The van der Waals surface area contributed by atoms with E-state index < -0.39 is 0 Å². The maximum Gasteiger partial charge on any atom is 0.295 e. The zero-order valence-electron chi connectivity index (χ0n) is 7.38. The van der Waals surface area contributed by atoms with Gasteiger partial charge in [0.25, 0.3) is 6.92 Å². The largest absolute Gasteiger partial charge is 0.434 e. The van der Waals surface area contributed by atoms with E-state index >= 15 is 0 Å². The van der Waals surface area contributed by atoms with E-state index in [1.807, 2.05) is 0 Å². The van der Waals surface area contributed by atoms with Gasteiger partial charge >= 0.3 is 0 Å². The zero-order valence-corrected chi connectivity index (χ0v) is 7.38. The predicted octanol–water partition coefficient (Wildman–Crippen LogP) is 1.53. The van der Waals surface area contributed by atoms with E-state index in [0.29, 0.717) is 13.5 Å². The van der Waals surface area contributed by atoms with E-state index in [2.05, 4.69) is 6.92 Å². The van der Waals surface area contributed by atoms with Gasteiger partial charge in [-0.25, -0.2) is 0 Å². The van der Waals surface area contributed by atoms with Gasteiger partial charge in [0.1, 0.15) is 0 Å². The van der Waals surface area contributed by atoms with Crippen molar-refractivity contribution in [2.75, 3.05) is 13.2 Å². The van der Waals surface area contributed by atoms with Crippen molar-refractivity contribution in [2.45, 2.75) is 38.3 Å². The van der Waals surface area contributed by atoms with Crippen molar-refractivity contribution < 1.29 is 4.65 Å². The summed E-state index contributed by atoms with van der Waals surface area (Å²) in [6.07, 6.45) is 5.28. The summed E-state index contributed by atoms with van der Waals surface area (Å²) in [6, 6.07) is 0. The molecule has 0 aromatic carbocycles. The lowest BCUT2D eigenvalue weighted by atomic mass is 9.49. The monoisotopic (exact) mass is 155 g/mol. The lowest BCUT2D eigenvalue weighted by molar-refractivity contribution is 0.312. The van der Waals surface area contributed by atoms with Crippen molar-refractivity contribution in [3.63, 3.8) is 0 Å². The molecule has 3 heteroatoms. The molecule has 0 spiro atoms. The third kappa shape index (κ3) is 2.84. The topological polar surface area (TPSA) is 35.2 Å². The molecule has 0 radical (unpaired) electrons. The lowest BCUT2D eigenvalue weighted by Gasteiger charge is -2.24. The van der Waals surface area contributed by atoms with Gasteiger partial charge < -0.3 is 10.4 Å². The molecule has 0 saturated carbocycles. The summed E-state index contributed by atoms with van der Waals surface area (Å²) in [7, 11) is 0. The summed E-state index contributed by atoms with van der Waals surface area (Å²) in [5.74, 6) is 0.746. The lowest BCUT2D eigenvalue weighted by Crippen LogP contribution is -2.28. The minimum absolute atomic E-state index is 0.493. The fourth-order valence-corrected chi connectivity index (χ4v) is 1.75. The van der Waals surface area contributed by atoms with E-state index in [0.717, 1.165) is 12.4 Å². The van der Waals surface area contributed by atoms with Gasteiger partial charge in [-0.2, -0.15) is 0 Å². The van der Waals surface area contributed by atoms with E-state index in [-0.39, 0.29) is 0 Å². The van der Waals surface area contributed by atoms with Crippen LogP contribution >= 0.6 is 0 Å². The molecule has 0 amide bonds. The first-order valence-electron chi connectivity index (χ1n) is 4.66. The molecular formula is C8H18BNO. The molecule has 1 fully saturated rings. The smallest absolute Gasteiger partial charge is 0.295 e. The maximum atomic E-state index is 5.62. The average Bonchev–Trinajstić information content (AvgIpc) is 2.03. The number of hydrogen-bond donors (Lipinski definition) is 1. The first-order valence-corrected chi connectivity index (χ1v) is 4.66. The Morgan fingerprint density at radius 3 is 3.00 bits per heavy atom. The van der Waals surface area contributed by atoms with Gasteiger partial charge in [0, 0.05) is 13.2 Å². The summed E-state index contributed by atoms with van der Waals surface area (Å²) < 4.78 is 5.62. The highest BCUT2D eigenvalue weighted by atomic mass is 16.4. The van der Waals surface area contributed by atoms with E-state index in [9.17, 15) is 0 Å². The van der Waals surface area contributed by atoms with E-state index in [1.54, 1.807) is 0 Å². The molecule has 1 unspecified atom stereocenters. The van der Waals surface area contributed by atoms with Gasteiger partial charge in [-0.15, -0.1) is 0 Å². The molecular weight excluding hydrogens is 137 g/mol. The fourth-order valence-electron chi connectivity index (χ4n) is 1.75. The highest BCUT2D eigenvalue weighted by Gasteiger charge is 2.26. The van der Waals surface area contributed by atoms with Crippen molar-refractivity contribution >= 4 is 6.92 Å². The Morgan fingerprint density at radius 2 is 2.36 bits per heavy atom. The second-order valence-electron chi connectivity index (χ2n) is 3.46. The predicted molar refractivity (Wildman–Crippen MR) is 48.8 cm³/mol. The van der Waals surface area contributed by atoms with E-state index in [4.69, 9.17) is 10.4 Å². The molecule has 1 rings (SSSR count). The van der Waals surface area contributed by atoms with E-state index in [1.165, 1.54) is 25.6 Å². The third-order valence-electron chi connectivity index (χ3n) is 2.48. The van der Waals surface area contributed by atoms with Crippen LogP contribution in [0.25, 0.3) is 0 Å². The molecule has 11 heavy (non-hydrogen) atoms. The standard InChI is InChI=1S/C8H18BNO/c1-8-4-2-3-5-9(8)11-7-6-10/h8H,2-7,10H2,1H3. The van der Waals surface area contributed by atoms with Crippen LogP contribution in [0.5, 0.6) is 0 Å². The first-order chi connectivity index (χ1) is 5.34. The molecule has 64 valence electrons. The van der Waals surface area contributed by atoms with Gasteiger partial charge in [-0.1, -0.05) is 26.2 Å². The molecule has 1 aliphatic rings. The molecule has 0 aromatic rings. The van der Waals surface area contributed by atoms with Crippen LogP contribution < -0.4 is 5.73 Å². The Morgan fingerprint density at radius 1 is 1.55 bits per heavy atom. The SMILES string of the molecule is CC1CCCCB1OCCN. The van der Waals surface area contributed by atoms with Crippen LogP contribution in [0.1, 0.15) is 26.2 Å². The van der Waals surface area contributed by atoms with Crippen molar-refractivity contribution in [3.05, 3.63) is 0 Å². The Kier molecular flexibility index (Phi) is 3.94. The Balaban J connectivity index is 2.18. The number of nitrogens with two attached hydrogens (primary N) is 1. The van der Waals surface area contributed by atoms with Crippen LogP contribution in [-0.4, -0.2) is 20.1 Å². The van der Waals surface area contributed by atoms with Crippen molar-refractivity contribution in [1.29, 1.82) is 0 Å². The van der Waals surface area contributed by atoms with Gasteiger partial charge in [-0.05, 0) is 12.1 Å². The molecule has 0 bridgehead atoms. The quantitative estimate of drug-likeness (QED) is 0.627. The van der Waals surface area contributed by atoms with Crippen LogP contribution in [0.4, 0.5) is 0 Å². The Bertz CT molecular complexity index is 110. The summed E-state index contributed by atoms with van der Waals surface area (Å²) in [6.45, 7) is 4.16. The summed E-state index contributed by atoms with van der Waals surface area (Å²) >= 11 is 0. The number of hydrogen-bond acceptors (Lipinski definition) is 2. The number of rotatable bonds is 3. The van der Waals surface area contributed by atoms with Gasteiger partial charge in [-0.3, -0.25) is 0 Å². The summed E-state index contributed by atoms with van der Waals surface area (Å²) in [5, 5.41) is 0. The molecule has 1 heterocycles. The zero-order chi connectivity index (χ0) is 8.10. The fraction of sp³-hybridized carbons (Fsp3) is 1.00. The molecule has 2 N–H and O–H groups in total. The second kappa shape index (κ2) is 4.78. The second-order valence-corrected chi connectivity index (χ2v) is 3.46. The van der Waals surface area contributed by atoms with Crippen LogP contribution in [0.15, 0.2) is 0 Å². The minimum Gasteiger partial charge on any atom is -0.434 e. The average molecular weight is 155 g/mol. The maximum absolute atomic E-state index is 5.62. The molecule has 2 nitrogen and oxygen atoms in total. The molecule has 0 aliphatic carbocycles. The first kappa shape index (κ1) is 9.08. The van der Waals surface area contributed by atoms with Crippen LogP contribution in [0.3, 0.4) is 0 Å². The van der Waals surface area contributed by atoms with Gasteiger partial charge in [0.15, 0.2) is 0 Å². The van der Waals surface area contributed by atoms with Crippen LogP contribution in [0.2, 0.25) is 12.1 Å². The van der Waals surface area contributed by atoms with Gasteiger partial charge in [0.2, 0.25) is 0 Å². The highest BCUT2D eigenvalue weighted by Crippen LogP contribution is 2.28. The van der Waals surface area contributed by atoms with Crippen LogP contribution in [0, 0.1) is 0 Å². The van der Waals surface area contributed by atoms with Gasteiger partial charge in [0.05, 0.1) is 0 Å². The normalized spacial score (nSPS) is 25.6. The van der Waals surface area contributed by atoms with Crippen LogP contribution in [-0.2, 0) is 4.65 Å². The Hall–Kier alpha value is -0.0151. The molecule has 1 aliphatic heterocycles. The molecule has 1 saturated heterocycles.